The molecule has 32 heavy (non-hydrogen) atoms. The Labute approximate surface area is 207 Å². The molecule has 0 spiro atoms. The van der Waals surface area contributed by atoms with E-state index >= 15 is 0 Å². The first kappa shape index (κ1) is 14.3. The van der Waals surface area contributed by atoms with Gasteiger partial charge in [0.1, 0.15) is 5.60 Å². The van der Waals surface area contributed by atoms with Crippen molar-refractivity contribution in [3.63, 3.8) is 0 Å². The Bertz CT molecular complexity index is 1090. The van der Waals surface area contributed by atoms with Crippen LogP contribution >= 0.6 is 0 Å². The summed E-state index contributed by atoms with van der Waals surface area (Å²) in [5.41, 5.74) is -4.60. The molecule has 5 aliphatic carbocycles. The van der Waals surface area contributed by atoms with E-state index in [0.29, 0.717) is 30.8 Å². The van der Waals surface area contributed by atoms with Crippen molar-refractivity contribution in [1.82, 2.24) is 0 Å². The van der Waals surface area contributed by atoms with Crippen LogP contribution in [-0.2, 0) is 14.3 Å². The zero-order valence-corrected chi connectivity index (χ0v) is 19.4. The molecule has 7 atom stereocenters. The average Bonchev–Trinajstić information content (AvgIpc) is 3.46. The van der Waals surface area contributed by atoms with Gasteiger partial charge in [0.15, 0.2) is 5.78 Å². The molecule has 0 saturated heterocycles. The average molecular weight is 450 g/mol. The number of esters is 1. The molecule has 3 nitrogen and oxygen atoms in total. The van der Waals surface area contributed by atoms with Crippen LogP contribution < -0.4 is 0 Å². The van der Waals surface area contributed by atoms with E-state index < -0.39 is 60.7 Å². The first-order valence-electron chi connectivity index (χ1n) is 17.4. The van der Waals surface area contributed by atoms with Crippen LogP contribution in [-0.4, -0.2) is 17.4 Å². The van der Waals surface area contributed by atoms with Gasteiger partial charge in [-0.15, -0.1) is 0 Å². The summed E-state index contributed by atoms with van der Waals surface area (Å²) < 4.78 is 84.8. The Balaban J connectivity index is 1.58. The third-order valence-electron chi connectivity index (χ3n) is 10.0. The molecule has 4 saturated carbocycles. The Morgan fingerprint density at radius 2 is 1.94 bits per heavy atom. The lowest BCUT2D eigenvalue weighted by Gasteiger charge is -2.59. The van der Waals surface area contributed by atoms with E-state index in [1.54, 1.807) is 6.92 Å². The van der Waals surface area contributed by atoms with E-state index in [0.717, 1.165) is 25.7 Å². The first-order valence-corrected chi connectivity index (χ1v) is 12.9. The van der Waals surface area contributed by atoms with Gasteiger partial charge in [0.2, 0.25) is 0 Å². The third-order valence-corrected chi connectivity index (χ3v) is 10.0. The molecule has 5 aliphatic rings. The summed E-state index contributed by atoms with van der Waals surface area (Å²) >= 11 is 0. The summed E-state index contributed by atoms with van der Waals surface area (Å²) in [6.45, 7) is -6.32. The molecule has 0 N–H and O–H groups in total. The maximum absolute atomic E-state index is 13.4. The molecule has 0 radical (unpaired) electrons. The van der Waals surface area contributed by atoms with E-state index in [-0.39, 0.29) is 50.2 Å². The highest BCUT2D eigenvalue weighted by atomic mass is 16.6. The summed E-state index contributed by atoms with van der Waals surface area (Å²) in [6, 6.07) is 0. The normalized spacial score (nSPS) is 51.6. The molecular weight excluding hydrogens is 396 g/mol. The number of carbonyl (C=O) groups is 2. The van der Waals surface area contributed by atoms with Crippen molar-refractivity contribution in [2.24, 2.45) is 40.4 Å². The van der Waals surface area contributed by atoms with Crippen molar-refractivity contribution in [3.8, 4) is 0 Å². The number of allylic oxidation sites excluding steroid dienone is 1. The molecule has 0 aromatic carbocycles. The number of ketones is 1. The quantitative estimate of drug-likeness (QED) is 0.432. The molecule has 0 aliphatic heterocycles. The number of hydrogen-bond donors (Lipinski definition) is 0. The number of carbonyl (C=O) groups excluding carboxylic acids is 2. The predicted molar refractivity (Wildman–Crippen MR) is 127 cm³/mol. The molecule has 0 aromatic heterocycles. The van der Waals surface area contributed by atoms with Crippen LogP contribution in [0.1, 0.15) is 123 Å². The van der Waals surface area contributed by atoms with Crippen LogP contribution in [0, 0.1) is 40.4 Å². The number of ether oxygens (including phenoxy) is 1. The van der Waals surface area contributed by atoms with Gasteiger partial charge in [-0.25, -0.2) is 0 Å². The monoisotopic (exact) mass is 449 g/mol. The summed E-state index contributed by atoms with van der Waals surface area (Å²) in [6.07, 6.45) is 8.04. The number of rotatable bonds is 4. The lowest BCUT2D eigenvalue weighted by Crippen LogP contribution is -2.56. The molecule has 178 valence electrons. The smallest absolute Gasteiger partial charge is 0.306 e. The van der Waals surface area contributed by atoms with Gasteiger partial charge < -0.3 is 4.74 Å². The lowest BCUT2D eigenvalue weighted by atomic mass is 9.46. The highest BCUT2D eigenvalue weighted by molar-refractivity contribution is 5.91. The zero-order chi connectivity index (χ0) is 30.2. The lowest BCUT2D eigenvalue weighted by molar-refractivity contribution is -0.186. The number of fused-ring (bicyclic) bond motifs is 5. The molecule has 3 heteroatoms. The number of hydrogen-bond acceptors (Lipinski definition) is 3. The van der Waals surface area contributed by atoms with Crippen molar-refractivity contribution in [3.05, 3.63) is 11.6 Å². The van der Waals surface area contributed by atoms with Gasteiger partial charge in [0, 0.05) is 30.6 Å². The van der Waals surface area contributed by atoms with Crippen molar-refractivity contribution in [2.45, 2.75) is 117 Å². The van der Waals surface area contributed by atoms with Crippen LogP contribution in [0.2, 0.25) is 0 Å². The maximum atomic E-state index is 13.4. The summed E-state index contributed by atoms with van der Waals surface area (Å²) in [4.78, 5) is 25.8. The Hall–Kier alpha value is -1.12. The minimum absolute atomic E-state index is 0.0625. The molecule has 0 aromatic rings. The van der Waals surface area contributed by atoms with Crippen LogP contribution in [0.5, 0.6) is 0 Å². The van der Waals surface area contributed by atoms with E-state index in [9.17, 15) is 9.59 Å². The Morgan fingerprint density at radius 1 is 1.09 bits per heavy atom. The van der Waals surface area contributed by atoms with Crippen LogP contribution in [0.25, 0.3) is 0 Å². The fourth-order valence-electron chi connectivity index (χ4n) is 8.23. The molecule has 1 unspecified atom stereocenters. The highest BCUT2D eigenvalue weighted by Crippen LogP contribution is 2.69. The second-order valence-corrected chi connectivity index (χ2v) is 11.6. The van der Waals surface area contributed by atoms with Crippen LogP contribution in [0.15, 0.2) is 11.6 Å². The van der Waals surface area contributed by atoms with Gasteiger partial charge in [-0.1, -0.05) is 51.9 Å². The van der Waals surface area contributed by atoms with Gasteiger partial charge >= 0.3 is 5.97 Å². The van der Waals surface area contributed by atoms with Crippen LogP contribution in [0.3, 0.4) is 0 Å². The molecule has 0 bridgehead atoms. The van der Waals surface area contributed by atoms with Gasteiger partial charge in [-0.05, 0) is 92.9 Å². The fourth-order valence-corrected chi connectivity index (χ4v) is 8.23. The Kier molecular flexibility index (Phi) is 3.57. The second kappa shape index (κ2) is 7.98. The zero-order valence-electron chi connectivity index (χ0n) is 28.4. The van der Waals surface area contributed by atoms with Gasteiger partial charge in [-0.2, -0.15) is 0 Å². The van der Waals surface area contributed by atoms with Crippen LogP contribution in [0.4, 0.5) is 0 Å². The predicted octanol–water partition coefficient (Wildman–Crippen LogP) is 7.04. The van der Waals surface area contributed by atoms with E-state index in [1.165, 1.54) is 6.08 Å². The SMILES string of the molecule is [2H]C([2H])([2H])[C@]1(OC(=O)CCC2CCCC2)C(C)C[C@H]2[C@@H]3CCC4=CC(=O)CC[C@]4(C([2H])([2H])[2H])[C@H]3CC[C@@]21C([2H])([2H])[2H]. The van der Waals surface area contributed by atoms with Gasteiger partial charge in [0.25, 0.3) is 0 Å². The molecule has 0 heterocycles. The van der Waals surface area contributed by atoms with Crippen molar-refractivity contribution < 1.29 is 26.7 Å². The molecule has 0 amide bonds. The third kappa shape index (κ3) is 3.35. The maximum Gasteiger partial charge on any atom is 0.306 e. The highest BCUT2D eigenvalue weighted by Gasteiger charge is 2.66. The molecule has 4 fully saturated rings. The summed E-state index contributed by atoms with van der Waals surface area (Å²) in [7, 11) is 0. The van der Waals surface area contributed by atoms with Crippen molar-refractivity contribution in [2.75, 3.05) is 0 Å². The van der Waals surface area contributed by atoms with E-state index in [2.05, 4.69) is 0 Å². The minimum Gasteiger partial charge on any atom is -0.458 e. The topological polar surface area (TPSA) is 43.4 Å². The van der Waals surface area contributed by atoms with Crippen molar-refractivity contribution >= 4 is 11.8 Å². The van der Waals surface area contributed by atoms with E-state index in [1.807, 2.05) is 0 Å². The summed E-state index contributed by atoms with van der Waals surface area (Å²) in [5, 5.41) is 0. The largest absolute Gasteiger partial charge is 0.458 e. The fraction of sp³-hybridized carbons (Fsp3) is 0.862. The van der Waals surface area contributed by atoms with Crippen molar-refractivity contribution in [1.29, 1.82) is 0 Å². The minimum atomic E-state index is -2.88. The molecular formula is C29H44O3. The Morgan fingerprint density at radius 3 is 2.69 bits per heavy atom. The summed E-state index contributed by atoms with van der Waals surface area (Å²) in [5.74, 6) is -2.49. The van der Waals surface area contributed by atoms with Gasteiger partial charge in [-0.3, -0.25) is 9.59 Å². The second-order valence-electron chi connectivity index (χ2n) is 11.6. The van der Waals surface area contributed by atoms with E-state index in [4.69, 9.17) is 17.1 Å². The van der Waals surface area contributed by atoms with Gasteiger partial charge in [0.05, 0.1) is 0 Å². The first-order chi connectivity index (χ1) is 18.9. The standard InChI is InChI=1S/C29H44O3/c1-19-17-25-23-11-10-21-18-22(30)13-15-27(21,2)24(23)14-16-28(25,3)29(19,4)32-26(31)12-9-20-7-5-6-8-20/h18-20,23-25H,5-17H2,1-4H3/t19?,23-,24+,25+,27+,28+,29+/m1/s1/i2D3,3D3,4D3. The molecule has 5 rings (SSSR count).